The first kappa shape index (κ1) is 21.4. The van der Waals surface area contributed by atoms with Crippen molar-refractivity contribution in [1.82, 2.24) is 5.32 Å². The number of nitrogens with zero attached hydrogens (tertiary/aromatic N) is 2. The van der Waals surface area contributed by atoms with Crippen molar-refractivity contribution in [3.63, 3.8) is 0 Å². The van der Waals surface area contributed by atoms with Gasteiger partial charge in [-0.1, -0.05) is 0 Å². The number of hydrogen-bond acceptors (Lipinski definition) is 6. The lowest BCUT2D eigenvalue weighted by Gasteiger charge is -2.30. The summed E-state index contributed by atoms with van der Waals surface area (Å²) in [5, 5.41) is 12.0. The fraction of sp³-hybridized carbons (Fsp3) is 0.500. The molecule has 1 heterocycles. The van der Waals surface area contributed by atoms with Crippen molar-refractivity contribution < 1.29 is 33.4 Å². The second-order valence-electron chi connectivity index (χ2n) is 6.30. The average Bonchev–Trinajstić information content (AvgIpc) is 2.63. The molecule has 1 saturated heterocycles. The largest absolute Gasteiger partial charge is 0.465 e. The Kier molecular flexibility index (Phi) is 7.56. The van der Waals surface area contributed by atoms with Crippen LogP contribution in [-0.2, 0) is 19.1 Å². The molecule has 1 atom stereocenters. The Morgan fingerprint density at radius 1 is 1.32 bits per heavy atom. The third-order valence-electron chi connectivity index (χ3n) is 4.12. The number of benzene rings is 1. The van der Waals surface area contributed by atoms with Crippen LogP contribution in [0.1, 0.15) is 13.8 Å². The van der Waals surface area contributed by atoms with Crippen LogP contribution < -0.4 is 15.1 Å². The normalized spacial score (nSPS) is 14.9. The number of carbonyl (C=O) groups excluding carboxylic acids is 2. The first-order chi connectivity index (χ1) is 13.3. The molecule has 0 unspecified atom stereocenters. The topological polar surface area (TPSA) is 108 Å². The third-order valence-corrected chi connectivity index (χ3v) is 4.12. The van der Waals surface area contributed by atoms with Gasteiger partial charge in [0.2, 0.25) is 5.91 Å². The van der Waals surface area contributed by atoms with Crippen LogP contribution in [0, 0.1) is 5.82 Å². The first-order valence-electron chi connectivity index (χ1n) is 8.82. The molecule has 0 radical (unpaired) electrons. The minimum Gasteiger partial charge on any atom is -0.465 e. The van der Waals surface area contributed by atoms with Crippen LogP contribution in [0.5, 0.6) is 0 Å². The molecule has 1 aliphatic rings. The second kappa shape index (κ2) is 9.88. The maximum Gasteiger partial charge on any atom is 0.411 e. The molecule has 1 aliphatic heterocycles. The van der Waals surface area contributed by atoms with Crippen LogP contribution in [0.15, 0.2) is 18.2 Å². The van der Waals surface area contributed by atoms with Gasteiger partial charge >= 0.3 is 12.1 Å². The highest BCUT2D eigenvalue weighted by Gasteiger charge is 2.24. The van der Waals surface area contributed by atoms with Gasteiger partial charge in [0.25, 0.3) is 0 Å². The van der Waals surface area contributed by atoms with Gasteiger partial charge in [0.05, 0.1) is 37.7 Å². The molecule has 0 spiro atoms. The number of amides is 2. The van der Waals surface area contributed by atoms with Gasteiger partial charge in [-0.15, -0.1) is 0 Å². The molecule has 2 N–H and O–H groups in total. The number of nitrogens with one attached hydrogen (secondary N) is 1. The quantitative estimate of drug-likeness (QED) is 0.666. The molecule has 0 saturated carbocycles. The Balaban J connectivity index is 2.19. The van der Waals surface area contributed by atoms with Gasteiger partial charge in [0, 0.05) is 26.9 Å². The SMILES string of the molecule is CC(=O)NC[C@H](CN(C(=O)O)c1ccc(N2CCOCC2)c(F)c1)OC(C)=O. The highest BCUT2D eigenvalue weighted by atomic mass is 19.1. The molecule has 9 nitrogen and oxygen atoms in total. The van der Waals surface area contributed by atoms with Crippen molar-refractivity contribution in [1.29, 1.82) is 0 Å². The van der Waals surface area contributed by atoms with E-state index >= 15 is 0 Å². The fourth-order valence-corrected chi connectivity index (χ4v) is 2.86. The maximum absolute atomic E-state index is 14.6. The Labute approximate surface area is 162 Å². The fourth-order valence-electron chi connectivity index (χ4n) is 2.86. The number of rotatable bonds is 7. The predicted molar refractivity (Wildman–Crippen MR) is 99.0 cm³/mol. The number of ether oxygens (including phenoxy) is 2. The van der Waals surface area contributed by atoms with Gasteiger partial charge in [-0.2, -0.15) is 0 Å². The summed E-state index contributed by atoms with van der Waals surface area (Å²) in [4.78, 5) is 36.8. The molecular weight excluding hydrogens is 373 g/mol. The van der Waals surface area contributed by atoms with Gasteiger partial charge < -0.3 is 24.8 Å². The lowest BCUT2D eigenvalue weighted by Crippen LogP contribution is -2.44. The van der Waals surface area contributed by atoms with Gasteiger partial charge in [0.1, 0.15) is 11.9 Å². The van der Waals surface area contributed by atoms with E-state index in [9.17, 15) is 23.9 Å². The zero-order chi connectivity index (χ0) is 20.7. The van der Waals surface area contributed by atoms with E-state index in [0.717, 1.165) is 11.0 Å². The highest BCUT2D eigenvalue weighted by Crippen LogP contribution is 2.26. The molecule has 154 valence electrons. The molecular formula is C18H24FN3O6. The zero-order valence-corrected chi connectivity index (χ0v) is 15.8. The summed E-state index contributed by atoms with van der Waals surface area (Å²) >= 11 is 0. The summed E-state index contributed by atoms with van der Waals surface area (Å²) in [6, 6.07) is 4.13. The Morgan fingerprint density at radius 3 is 2.54 bits per heavy atom. The number of carbonyl (C=O) groups is 3. The van der Waals surface area contributed by atoms with E-state index in [2.05, 4.69) is 5.32 Å². The van der Waals surface area contributed by atoms with Gasteiger partial charge in [0.15, 0.2) is 0 Å². The van der Waals surface area contributed by atoms with Crippen LogP contribution in [-0.4, -0.2) is 68.6 Å². The smallest absolute Gasteiger partial charge is 0.411 e. The van der Waals surface area contributed by atoms with Crippen LogP contribution in [0.2, 0.25) is 0 Å². The minimum atomic E-state index is -1.33. The van der Waals surface area contributed by atoms with Gasteiger partial charge in [-0.05, 0) is 18.2 Å². The van der Waals surface area contributed by atoms with Crippen LogP contribution in [0.25, 0.3) is 0 Å². The summed E-state index contributed by atoms with van der Waals surface area (Å²) in [6.07, 6.45) is -2.25. The van der Waals surface area contributed by atoms with Crippen LogP contribution >= 0.6 is 0 Å². The maximum atomic E-state index is 14.6. The summed E-state index contributed by atoms with van der Waals surface area (Å²) in [5.41, 5.74) is 0.467. The van der Waals surface area contributed by atoms with Crippen LogP contribution in [0.4, 0.5) is 20.6 Å². The molecule has 1 fully saturated rings. The molecule has 1 aromatic carbocycles. The standard InChI is InChI=1S/C18H24FN3O6/c1-12(23)20-10-15(28-13(2)24)11-22(18(25)26)14-3-4-17(16(19)9-14)21-5-7-27-8-6-21/h3-4,9,15H,5-8,10-11H2,1-2H3,(H,20,23)(H,25,26)/t15-/m1/s1. The van der Waals surface area contributed by atoms with Crippen molar-refractivity contribution in [3.05, 3.63) is 24.0 Å². The monoisotopic (exact) mass is 397 g/mol. The van der Waals surface area contributed by atoms with Crippen molar-refractivity contribution in [2.24, 2.45) is 0 Å². The van der Waals surface area contributed by atoms with E-state index in [4.69, 9.17) is 9.47 Å². The summed E-state index contributed by atoms with van der Waals surface area (Å²) in [7, 11) is 0. The van der Waals surface area contributed by atoms with Gasteiger partial charge in [-0.3, -0.25) is 14.5 Å². The lowest BCUT2D eigenvalue weighted by atomic mass is 10.2. The van der Waals surface area contributed by atoms with E-state index in [0.29, 0.717) is 32.0 Å². The van der Waals surface area contributed by atoms with Crippen LogP contribution in [0.3, 0.4) is 0 Å². The predicted octanol–water partition coefficient (Wildman–Crippen LogP) is 1.21. The highest BCUT2D eigenvalue weighted by molar-refractivity contribution is 5.86. The Morgan fingerprint density at radius 2 is 2.00 bits per heavy atom. The molecule has 0 aromatic heterocycles. The van der Waals surface area contributed by atoms with Crippen molar-refractivity contribution in [2.45, 2.75) is 20.0 Å². The van der Waals surface area contributed by atoms with E-state index < -0.39 is 24.0 Å². The first-order valence-corrected chi connectivity index (χ1v) is 8.82. The number of morpholine rings is 1. The molecule has 1 aromatic rings. The van der Waals surface area contributed by atoms with Crippen molar-refractivity contribution >= 4 is 29.3 Å². The van der Waals surface area contributed by atoms with E-state index in [1.165, 1.54) is 26.0 Å². The molecule has 0 bridgehead atoms. The van der Waals surface area contributed by atoms with E-state index in [1.54, 1.807) is 0 Å². The molecule has 10 heteroatoms. The number of anilines is 2. The Bertz CT molecular complexity index is 723. The summed E-state index contributed by atoms with van der Waals surface area (Å²) < 4.78 is 24.9. The zero-order valence-electron chi connectivity index (χ0n) is 15.8. The molecule has 2 rings (SSSR count). The number of halogens is 1. The number of hydrogen-bond donors (Lipinski definition) is 2. The van der Waals surface area contributed by atoms with Gasteiger partial charge in [-0.25, -0.2) is 9.18 Å². The number of carboxylic acid groups (broad SMARTS) is 1. The van der Waals surface area contributed by atoms with E-state index in [-0.39, 0.29) is 24.7 Å². The lowest BCUT2D eigenvalue weighted by molar-refractivity contribution is -0.146. The molecule has 2 amide bonds. The number of esters is 1. The summed E-state index contributed by atoms with van der Waals surface area (Å²) in [5.74, 6) is -1.52. The molecule has 0 aliphatic carbocycles. The van der Waals surface area contributed by atoms with Crippen molar-refractivity contribution in [2.75, 3.05) is 49.2 Å². The van der Waals surface area contributed by atoms with E-state index in [1.807, 2.05) is 4.90 Å². The third kappa shape index (κ3) is 6.08. The minimum absolute atomic E-state index is 0.0625. The summed E-state index contributed by atoms with van der Waals surface area (Å²) in [6.45, 7) is 4.24. The second-order valence-corrected chi connectivity index (χ2v) is 6.30. The average molecular weight is 397 g/mol. The molecule has 28 heavy (non-hydrogen) atoms. The van der Waals surface area contributed by atoms with Crippen molar-refractivity contribution in [3.8, 4) is 0 Å². The Hall–Kier alpha value is -2.88.